The molecule has 0 aliphatic rings. The van der Waals surface area contributed by atoms with Crippen molar-refractivity contribution in [3.63, 3.8) is 0 Å². The van der Waals surface area contributed by atoms with Gasteiger partial charge in [0, 0.05) is 11.1 Å². The predicted molar refractivity (Wildman–Crippen MR) is 68.5 cm³/mol. The van der Waals surface area contributed by atoms with Crippen LogP contribution < -0.4 is 0 Å². The maximum atomic E-state index is 10.5. The number of hydrogen-bond donors (Lipinski definition) is 0. The van der Waals surface area contributed by atoms with Gasteiger partial charge in [0.15, 0.2) is 6.29 Å². The topological polar surface area (TPSA) is 30.0 Å². The first-order chi connectivity index (χ1) is 7.79. The van der Waals surface area contributed by atoms with Crippen LogP contribution in [0.4, 0.5) is 0 Å². The summed E-state index contributed by atoms with van der Waals surface area (Å²) >= 11 is 9.07. The summed E-state index contributed by atoms with van der Waals surface area (Å²) in [5.74, 6) is 0.738. The molecule has 0 radical (unpaired) electrons. The lowest BCUT2D eigenvalue weighted by molar-refractivity contribution is 0.112. The van der Waals surface area contributed by atoms with Gasteiger partial charge >= 0.3 is 0 Å². The van der Waals surface area contributed by atoms with Gasteiger partial charge in [0.25, 0.3) is 0 Å². The van der Waals surface area contributed by atoms with E-state index in [-0.39, 0.29) is 0 Å². The molecule has 82 valence electrons. The van der Waals surface area contributed by atoms with Gasteiger partial charge in [0.1, 0.15) is 5.01 Å². The highest BCUT2D eigenvalue weighted by Gasteiger charge is 2.04. The van der Waals surface area contributed by atoms with Gasteiger partial charge in [-0.2, -0.15) is 0 Å². The van der Waals surface area contributed by atoms with E-state index >= 15 is 0 Å². The molecule has 0 atom stereocenters. The minimum atomic E-state index is 0.662. The summed E-state index contributed by atoms with van der Waals surface area (Å²) in [4.78, 5) is 16.3. The van der Waals surface area contributed by atoms with Crippen LogP contribution in [0.15, 0.2) is 35.4 Å². The molecule has 0 saturated heterocycles. The normalized spacial score (nSPS) is 10.3. The van der Waals surface area contributed by atoms with Crippen LogP contribution in [-0.2, 0) is 5.75 Å². The number of hydrogen-bond acceptors (Lipinski definition) is 4. The quantitative estimate of drug-likeness (QED) is 0.623. The number of nitrogens with zero attached hydrogens (tertiary/aromatic N) is 1. The van der Waals surface area contributed by atoms with E-state index in [1.165, 1.54) is 11.3 Å². The fraction of sp³-hybridized carbons (Fsp3) is 0.0909. The summed E-state index contributed by atoms with van der Waals surface area (Å²) in [5, 5.41) is 1.69. The van der Waals surface area contributed by atoms with Gasteiger partial charge in [-0.25, -0.2) is 4.98 Å². The van der Waals surface area contributed by atoms with Crippen LogP contribution in [0.2, 0.25) is 5.02 Å². The molecule has 0 unspecified atom stereocenters. The van der Waals surface area contributed by atoms with Crippen LogP contribution in [0.3, 0.4) is 0 Å². The Hall–Kier alpha value is -0.840. The fourth-order valence-electron chi connectivity index (χ4n) is 1.15. The SMILES string of the molecule is O=Cc1cnc(CSc2ccccc2Cl)s1. The van der Waals surface area contributed by atoms with Gasteiger partial charge in [0.2, 0.25) is 0 Å². The first kappa shape index (κ1) is 11.6. The third-order valence-corrected chi connectivity index (χ3v) is 4.51. The van der Waals surface area contributed by atoms with Gasteiger partial charge < -0.3 is 0 Å². The third-order valence-electron chi connectivity index (χ3n) is 1.88. The fourth-order valence-corrected chi connectivity index (χ4v) is 3.12. The van der Waals surface area contributed by atoms with Crippen LogP contribution >= 0.6 is 34.7 Å². The molecule has 1 heterocycles. The lowest BCUT2D eigenvalue weighted by Gasteiger charge is -2.00. The number of carbonyl (C=O) groups is 1. The molecule has 1 aromatic heterocycles. The van der Waals surface area contributed by atoms with E-state index in [2.05, 4.69) is 4.98 Å². The van der Waals surface area contributed by atoms with Crippen LogP contribution in [-0.4, -0.2) is 11.3 Å². The zero-order chi connectivity index (χ0) is 11.4. The zero-order valence-electron chi connectivity index (χ0n) is 8.22. The highest BCUT2D eigenvalue weighted by atomic mass is 35.5. The van der Waals surface area contributed by atoms with Crippen molar-refractivity contribution >= 4 is 41.0 Å². The molecule has 16 heavy (non-hydrogen) atoms. The monoisotopic (exact) mass is 269 g/mol. The Morgan fingerprint density at radius 2 is 2.25 bits per heavy atom. The molecule has 0 bridgehead atoms. The van der Waals surface area contributed by atoms with Crippen LogP contribution in [0.5, 0.6) is 0 Å². The van der Waals surface area contributed by atoms with Gasteiger partial charge in [-0.1, -0.05) is 23.7 Å². The second-order valence-corrected chi connectivity index (χ2v) is 5.56. The standard InChI is InChI=1S/C11H8ClNOS2/c12-9-3-1-2-4-10(9)15-7-11-13-5-8(6-14)16-11/h1-6H,7H2. The molecule has 2 aromatic rings. The number of carbonyl (C=O) groups excluding carboxylic acids is 1. The highest BCUT2D eigenvalue weighted by molar-refractivity contribution is 7.98. The maximum absolute atomic E-state index is 10.5. The molecule has 0 aliphatic carbocycles. The van der Waals surface area contributed by atoms with E-state index in [1.54, 1.807) is 18.0 Å². The first-order valence-electron chi connectivity index (χ1n) is 4.57. The van der Waals surface area contributed by atoms with E-state index in [0.29, 0.717) is 4.88 Å². The Morgan fingerprint density at radius 3 is 2.94 bits per heavy atom. The predicted octanol–water partition coefficient (Wildman–Crippen LogP) is 3.90. The minimum Gasteiger partial charge on any atom is -0.297 e. The van der Waals surface area contributed by atoms with Crippen molar-refractivity contribution < 1.29 is 4.79 Å². The molecule has 0 saturated carbocycles. The second kappa shape index (κ2) is 5.48. The average molecular weight is 270 g/mol. The molecular weight excluding hydrogens is 262 g/mol. The smallest absolute Gasteiger partial charge is 0.161 e. The van der Waals surface area contributed by atoms with Gasteiger partial charge in [-0.3, -0.25) is 4.79 Å². The zero-order valence-corrected chi connectivity index (χ0v) is 10.6. The molecule has 0 amide bonds. The molecule has 0 spiro atoms. The number of halogens is 1. The minimum absolute atomic E-state index is 0.662. The number of aromatic nitrogens is 1. The Kier molecular flexibility index (Phi) is 3.98. The van der Waals surface area contributed by atoms with E-state index in [9.17, 15) is 4.79 Å². The maximum Gasteiger partial charge on any atom is 0.161 e. The highest BCUT2D eigenvalue weighted by Crippen LogP contribution is 2.30. The number of thioether (sulfide) groups is 1. The summed E-state index contributed by atoms with van der Waals surface area (Å²) in [7, 11) is 0. The summed E-state index contributed by atoms with van der Waals surface area (Å²) in [6, 6.07) is 7.69. The van der Waals surface area contributed by atoms with Crippen molar-refractivity contribution in [2.45, 2.75) is 10.6 Å². The third kappa shape index (κ3) is 2.84. The molecule has 1 aromatic carbocycles. The number of thiazole rings is 1. The van der Waals surface area contributed by atoms with E-state index in [4.69, 9.17) is 11.6 Å². The lowest BCUT2D eigenvalue weighted by atomic mass is 10.4. The van der Waals surface area contributed by atoms with Crippen LogP contribution in [0, 0.1) is 0 Å². The van der Waals surface area contributed by atoms with Crippen molar-refractivity contribution in [1.29, 1.82) is 0 Å². The average Bonchev–Trinajstić information content (AvgIpc) is 2.76. The van der Waals surface area contributed by atoms with Crippen LogP contribution in [0.25, 0.3) is 0 Å². The number of benzene rings is 1. The van der Waals surface area contributed by atoms with Gasteiger partial charge in [-0.05, 0) is 12.1 Å². The van der Waals surface area contributed by atoms with Crippen molar-refractivity contribution in [1.82, 2.24) is 4.98 Å². The largest absolute Gasteiger partial charge is 0.297 e. The summed E-state index contributed by atoms with van der Waals surface area (Å²) in [5.41, 5.74) is 0. The summed E-state index contributed by atoms with van der Waals surface area (Å²) < 4.78 is 0. The van der Waals surface area contributed by atoms with Crippen molar-refractivity contribution in [2.24, 2.45) is 0 Å². The Bertz CT molecular complexity index is 498. The van der Waals surface area contributed by atoms with E-state index in [0.717, 1.165) is 27.0 Å². The molecular formula is C11H8ClNOS2. The Labute approximate surface area is 107 Å². The lowest BCUT2D eigenvalue weighted by Crippen LogP contribution is -1.78. The summed E-state index contributed by atoms with van der Waals surface area (Å²) in [6.07, 6.45) is 2.42. The van der Waals surface area contributed by atoms with E-state index < -0.39 is 0 Å². The second-order valence-electron chi connectivity index (χ2n) is 2.99. The Balaban J connectivity index is 2.02. The molecule has 2 nitrogen and oxygen atoms in total. The molecule has 0 fully saturated rings. The molecule has 0 N–H and O–H groups in total. The molecule has 2 rings (SSSR count). The summed E-state index contributed by atoms with van der Waals surface area (Å²) in [6.45, 7) is 0. The van der Waals surface area contributed by atoms with Gasteiger partial charge in [0.05, 0.1) is 15.7 Å². The van der Waals surface area contributed by atoms with Gasteiger partial charge in [-0.15, -0.1) is 23.1 Å². The van der Waals surface area contributed by atoms with Crippen LogP contribution in [0.1, 0.15) is 14.7 Å². The first-order valence-corrected chi connectivity index (χ1v) is 6.75. The molecule has 5 heteroatoms. The number of aldehydes is 1. The molecule has 0 aliphatic heterocycles. The van der Waals surface area contributed by atoms with Crippen molar-refractivity contribution in [2.75, 3.05) is 0 Å². The van der Waals surface area contributed by atoms with E-state index in [1.807, 2.05) is 24.3 Å². The van der Waals surface area contributed by atoms with Crippen molar-refractivity contribution in [3.8, 4) is 0 Å². The van der Waals surface area contributed by atoms with Crippen molar-refractivity contribution in [3.05, 3.63) is 45.4 Å². The number of rotatable bonds is 4. The Morgan fingerprint density at radius 1 is 1.44 bits per heavy atom.